The van der Waals surface area contributed by atoms with Crippen molar-refractivity contribution in [3.63, 3.8) is 0 Å². The molecule has 0 fully saturated rings. The minimum Gasteiger partial charge on any atom is -0.236 e. The minimum atomic E-state index is -0.601. The van der Waals surface area contributed by atoms with E-state index in [9.17, 15) is 8.78 Å². The van der Waals surface area contributed by atoms with Gasteiger partial charge in [0.05, 0.1) is 5.69 Å². The molecule has 1 heterocycles. The normalized spacial score (nSPS) is 10.8. The highest BCUT2D eigenvalue weighted by Gasteiger charge is 2.10. The molecule has 0 aliphatic heterocycles. The van der Waals surface area contributed by atoms with Crippen LogP contribution in [0, 0.1) is 11.6 Å². The summed E-state index contributed by atoms with van der Waals surface area (Å²) in [7, 11) is 0. The molecule has 0 bridgehead atoms. The lowest BCUT2D eigenvalue weighted by Gasteiger charge is -2.00. The van der Waals surface area contributed by atoms with Gasteiger partial charge in [0.25, 0.3) is 0 Å². The number of halogens is 3. The van der Waals surface area contributed by atoms with Gasteiger partial charge in [0.2, 0.25) is 0 Å². The smallest absolute Gasteiger partial charge is 0.126 e. The van der Waals surface area contributed by atoms with Crippen molar-refractivity contribution in [3.8, 4) is 21.8 Å². The number of aromatic nitrogens is 1. The van der Waals surface area contributed by atoms with E-state index in [2.05, 4.69) is 20.9 Å². The van der Waals surface area contributed by atoms with E-state index < -0.39 is 11.6 Å². The molecule has 0 N–H and O–H groups in total. The molecule has 0 aliphatic carbocycles. The van der Waals surface area contributed by atoms with Crippen molar-refractivity contribution in [1.82, 2.24) is 4.98 Å². The van der Waals surface area contributed by atoms with Crippen LogP contribution in [0.5, 0.6) is 0 Å². The summed E-state index contributed by atoms with van der Waals surface area (Å²) < 4.78 is 27.4. The van der Waals surface area contributed by atoms with Crippen LogP contribution in [0.25, 0.3) is 21.8 Å². The average Bonchev–Trinajstić information content (AvgIpc) is 2.87. The highest BCUT2D eigenvalue weighted by molar-refractivity contribution is 9.10. The molecule has 3 aromatic rings. The van der Waals surface area contributed by atoms with Crippen LogP contribution in [0.1, 0.15) is 0 Å². The second-order valence-electron chi connectivity index (χ2n) is 4.18. The Bertz CT molecular complexity index is 750. The zero-order chi connectivity index (χ0) is 14.1. The SMILES string of the molecule is Fc1cc(F)cc(-c2csc(-c3ccccc3Br)n2)c1. The van der Waals surface area contributed by atoms with Gasteiger partial charge in [-0.25, -0.2) is 13.8 Å². The van der Waals surface area contributed by atoms with Gasteiger partial charge in [0.1, 0.15) is 16.6 Å². The zero-order valence-electron chi connectivity index (χ0n) is 10.1. The molecule has 0 saturated carbocycles. The zero-order valence-corrected chi connectivity index (χ0v) is 12.5. The topological polar surface area (TPSA) is 12.9 Å². The molecule has 5 heteroatoms. The summed E-state index contributed by atoms with van der Waals surface area (Å²) >= 11 is 4.91. The van der Waals surface area contributed by atoms with Crippen molar-refractivity contribution < 1.29 is 8.78 Å². The number of rotatable bonds is 2. The third-order valence-corrected chi connectivity index (χ3v) is 4.33. The third-order valence-electron chi connectivity index (χ3n) is 2.77. The van der Waals surface area contributed by atoms with Gasteiger partial charge < -0.3 is 0 Å². The molecule has 1 nitrogen and oxygen atoms in total. The molecule has 100 valence electrons. The van der Waals surface area contributed by atoms with Crippen molar-refractivity contribution in [2.24, 2.45) is 0 Å². The molecule has 0 spiro atoms. The first-order chi connectivity index (χ1) is 9.63. The van der Waals surface area contributed by atoms with Crippen molar-refractivity contribution in [2.75, 3.05) is 0 Å². The first kappa shape index (κ1) is 13.4. The summed E-state index contributed by atoms with van der Waals surface area (Å²) in [5.41, 5.74) is 1.97. The molecule has 1 aromatic heterocycles. The fourth-order valence-corrected chi connectivity index (χ4v) is 3.34. The van der Waals surface area contributed by atoms with Crippen LogP contribution in [0.4, 0.5) is 8.78 Å². The minimum absolute atomic E-state index is 0.442. The van der Waals surface area contributed by atoms with Gasteiger partial charge in [-0.05, 0) is 18.2 Å². The van der Waals surface area contributed by atoms with E-state index in [0.29, 0.717) is 11.3 Å². The molecule has 3 rings (SSSR count). The van der Waals surface area contributed by atoms with Crippen molar-refractivity contribution >= 4 is 27.3 Å². The number of nitrogens with zero attached hydrogens (tertiary/aromatic N) is 1. The fraction of sp³-hybridized carbons (Fsp3) is 0. The van der Waals surface area contributed by atoms with Crippen LogP contribution in [-0.4, -0.2) is 4.98 Å². The maximum absolute atomic E-state index is 13.2. The second-order valence-corrected chi connectivity index (χ2v) is 5.89. The van der Waals surface area contributed by atoms with Gasteiger partial charge in [0.15, 0.2) is 0 Å². The number of hydrogen-bond acceptors (Lipinski definition) is 2. The van der Waals surface area contributed by atoms with Crippen LogP contribution in [-0.2, 0) is 0 Å². The van der Waals surface area contributed by atoms with E-state index in [1.165, 1.54) is 23.5 Å². The Kier molecular flexibility index (Phi) is 3.63. The molecule has 0 aliphatic rings. The van der Waals surface area contributed by atoms with Crippen LogP contribution < -0.4 is 0 Å². The Morgan fingerprint density at radius 2 is 1.70 bits per heavy atom. The van der Waals surface area contributed by atoms with E-state index in [1.807, 2.05) is 24.3 Å². The quantitative estimate of drug-likeness (QED) is 0.592. The number of hydrogen-bond donors (Lipinski definition) is 0. The monoisotopic (exact) mass is 351 g/mol. The Balaban J connectivity index is 2.04. The van der Waals surface area contributed by atoms with Crippen LogP contribution >= 0.6 is 27.3 Å². The Hall–Kier alpha value is -1.59. The molecule has 0 saturated heterocycles. The van der Waals surface area contributed by atoms with Crippen LogP contribution in [0.2, 0.25) is 0 Å². The highest BCUT2D eigenvalue weighted by atomic mass is 79.9. The van der Waals surface area contributed by atoms with Crippen molar-refractivity contribution in [3.05, 3.63) is 64.0 Å². The summed E-state index contributed by atoms with van der Waals surface area (Å²) in [5, 5.41) is 2.60. The lowest BCUT2D eigenvalue weighted by Crippen LogP contribution is -1.85. The molecule has 20 heavy (non-hydrogen) atoms. The standard InChI is InChI=1S/C15H8BrF2NS/c16-13-4-2-1-3-12(13)15-19-14(8-20-15)9-5-10(17)7-11(18)6-9/h1-8H. The Morgan fingerprint density at radius 3 is 2.40 bits per heavy atom. The predicted octanol–water partition coefficient (Wildman–Crippen LogP) is 5.52. The molecule has 0 atom stereocenters. The molecule has 0 amide bonds. The third kappa shape index (κ3) is 2.64. The molecular weight excluding hydrogens is 344 g/mol. The Morgan fingerprint density at radius 1 is 1.00 bits per heavy atom. The summed E-state index contributed by atoms with van der Waals surface area (Å²) in [6.07, 6.45) is 0. The fourth-order valence-electron chi connectivity index (χ4n) is 1.87. The van der Waals surface area contributed by atoms with Gasteiger partial charge in [-0.2, -0.15) is 0 Å². The molecule has 0 radical (unpaired) electrons. The average molecular weight is 352 g/mol. The molecular formula is C15H8BrF2NS. The predicted molar refractivity (Wildman–Crippen MR) is 80.6 cm³/mol. The molecule has 2 aromatic carbocycles. The summed E-state index contributed by atoms with van der Waals surface area (Å²) in [6, 6.07) is 11.1. The first-order valence-electron chi connectivity index (χ1n) is 5.80. The second kappa shape index (κ2) is 5.42. The van der Waals surface area contributed by atoms with E-state index in [-0.39, 0.29) is 0 Å². The summed E-state index contributed by atoms with van der Waals surface area (Å²) in [6.45, 7) is 0. The van der Waals surface area contributed by atoms with E-state index in [0.717, 1.165) is 21.1 Å². The maximum Gasteiger partial charge on any atom is 0.126 e. The van der Waals surface area contributed by atoms with Gasteiger partial charge in [-0.3, -0.25) is 0 Å². The lowest BCUT2D eigenvalue weighted by molar-refractivity contribution is 0.584. The van der Waals surface area contributed by atoms with Gasteiger partial charge in [-0.1, -0.05) is 34.1 Å². The number of thiazole rings is 1. The highest BCUT2D eigenvalue weighted by Crippen LogP contribution is 2.33. The van der Waals surface area contributed by atoms with Crippen LogP contribution in [0.3, 0.4) is 0 Å². The van der Waals surface area contributed by atoms with E-state index in [1.54, 1.807) is 5.38 Å². The summed E-state index contributed by atoms with van der Waals surface area (Å²) in [5.74, 6) is -1.20. The number of benzene rings is 2. The largest absolute Gasteiger partial charge is 0.236 e. The Labute approximate surface area is 127 Å². The molecule has 0 unspecified atom stereocenters. The maximum atomic E-state index is 13.2. The van der Waals surface area contributed by atoms with E-state index in [4.69, 9.17) is 0 Å². The van der Waals surface area contributed by atoms with Crippen molar-refractivity contribution in [2.45, 2.75) is 0 Å². The van der Waals surface area contributed by atoms with Gasteiger partial charge in [0, 0.05) is 27.0 Å². The first-order valence-corrected chi connectivity index (χ1v) is 7.47. The lowest BCUT2D eigenvalue weighted by atomic mass is 10.1. The van der Waals surface area contributed by atoms with Crippen molar-refractivity contribution in [1.29, 1.82) is 0 Å². The van der Waals surface area contributed by atoms with Gasteiger partial charge >= 0.3 is 0 Å². The van der Waals surface area contributed by atoms with Crippen LogP contribution in [0.15, 0.2) is 52.3 Å². The van der Waals surface area contributed by atoms with Gasteiger partial charge in [-0.15, -0.1) is 11.3 Å². The van der Waals surface area contributed by atoms with E-state index >= 15 is 0 Å². The summed E-state index contributed by atoms with van der Waals surface area (Å²) in [4.78, 5) is 4.45.